The number of piperidine rings is 1. The lowest BCUT2D eigenvalue weighted by molar-refractivity contribution is 0.158. The molecule has 3 aromatic heterocycles. The normalized spacial score (nSPS) is 18.7. The smallest absolute Gasteiger partial charge is 0.193 e. The molecular formula is C35H40FN5O3. The van der Waals surface area contributed by atoms with Crippen LogP contribution >= 0.6 is 0 Å². The van der Waals surface area contributed by atoms with Gasteiger partial charge >= 0.3 is 0 Å². The van der Waals surface area contributed by atoms with Crippen molar-refractivity contribution >= 4 is 16.6 Å². The fourth-order valence-corrected chi connectivity index (χ4v) is 6.60. The number of anilines is 1. The van der Waals surface area contributed by atoms with Crippen molar-refractivity contribution in [3.8, 4) is 5.75 Å². The van der Waals surface area contributed by atoms with Gasteiger partial charge in [-0.2, -0.15) is 0 Å². The van der Waals surface area contributed by atoms with Crippen LogP contribution < -0.4 is 15.1 Å². The van der Waals surface area contributed by atoms with Crippen molar-refractivity contribution in [1.29, 1.82) is 0 Å². The number of halogens is 1. The van der Waals surface area contributed by atoms with Crippen LogP contribution in [0.5, 0.6) is 5.75 Å². The van der Waals surface area contributed by atoms with Crippen LogP contribution in [0.1, 0.15) is 73.0 Å². The molecule has 4 heterocycles. The number of aryl methyl sites for hydroxylation is 1. The third-order valence-electron chi connectivity index (χ3n) is 9.21. The van der Waals surface area contributed by atoms with Crippen molar-refractivity contribution in [2.24, 2.45) is 0 Å². The predicted octanol–water partition coefficient (Wildman–Crippen LogP) is 5.49. The zero-order chi connectivity index (χ0) is 30.2. The first-order valence-corrected chi connectivity index (χ1v) is 15.9. The molecule has 0 bridgehead atoms. The van der Waals surface area contributed by atoms with Gasteiger partial charge in [0.05, 0.1) is 24.0 Å². The minimum Gasteiger partial charge on any atom is -0.488 e. The lowest BCUT2D eigenvalue weighted by Gasteiger charge is -2.40. The number of nitrogens with zero attached hydrogens (tertiary/aromatic N) is 5. The Morgan fingerprint density at radius 2 is 1.93 bits per heavy atom. The van der Waals surface area contributed by atoms with E-state index >= 15 is 4.39 Å². The largest absolute Gasteiger partial charge is 0.488 e. The number of ether oxygens (including phenoxy) is 1. The summed E-state index contributed by atoms with van der Waals surface area (Å²) < 4.78 is 22.7. The molecule has 1 aliphatic heterocycles. The molecule has 7 rings (SSSR count). The summed E-state index contributed by atoms with van der Waals surface area (Å²) >= 11 is 0. The lowest BCUT2D eigenvalue weighted by Crippen LogP contribution is -2.48. The van der Waals surface area contributed by atoms with Gasteiger partial charge in [0.15, 0.2) is 17.0 Å². The number of aliphatic hydroxyl groups is 1. The molecule has 1 N–H and O–H groups in total. The van der Waals surface area contributed by atoms with Crippen molar-refractivity contribution < 1.29 is 14.2 Å². The molecule has 1 saturated heterocycles. The van der Waals surface area contributed by atoms with E-state index in [1.54, 1.807) is 6.07 Å². The second kappa shape index (κ2) is 12.3. The molecule has 9 heteroatoms. The predicted molar refractivity (Wildman–Crippen MR) is 169 cm³/mol. The molecule has 2 saturated carbocycles. The van der Waals surface area contributed by atoms with Crippen molar-refractivity contribution in [1.82, 2.24) is 19.4 Å². The summed E-state index contributed by atoms with van der Waals surface area (Å²) in [6, 6.07) is 12.0. The van der Waals surface area contributed by atoms with Gasteiger partial charge in [0, 0.05) is 85.0 Å². The average molecular weight is 598 g/mol. The standard InChI is InChI=1S/C35H40FN5O3/c1-23-15-24(10-11-37-23)19-40(29-3-2-12-39(22-29)28-8-9-32(38-18-28)25-4-5-25)20-26-21-41(27-6-7-27)33-17-34(44-14-13-42)31(36)16-30(33)35(26)43/h8-11,15-18,21,25,27,29,42H,2-7,12-14,19-20,22H2,1H3/t29-/m0/s1. The lowest BCUT2D eigenvalue weighted by atomic mass is 10.0. The number of hydrogen-bond donors (Lipinski definition) is 1. The molecule has 3 aliphatic rings. The Morgan fingerprint density at radius 3 is 2.66 bits per heavy atom. The highest BCUT2D eigenvalue weighted by Gasteiger charge is 2.30. The summed E-state index contributed by atoms with van der Waals surface area (Å²) in [5, 5.41) is 9.54. The molecule has 8 nitrogen and oxygen atoms in total. The maximum Gasteiger partial charge on any atom is 0.193 e. The van der Waals surface area contributed by atoms with Gasteiger partial charge in [-0.05, 0) is 81.3 Å². The van der Waals surface area contributed by atoms with E-state index in [9.17, 15) is 9.90 Å². The van der Waals surface area contributed by atoms with Crippen molar-refractivity contribution in [3.63, 3.8) is 0 Å². The van der Waals surface area contributed by atoms with Crippen LogP contribution in [0.2, 0.25) is 0 Å². The number of rotatable bonds is 11. The van der Waals surface area contributed by atoms with Crippen molar-refractivity contribution in [2.75, 3.05) is 31.2 Å². The number of aliphatic hydroxyl groups excluding tert-OH is 1. The number of aromatic nitrogens is 3. The molecule has 0 unspecified atom stereocenters. The average Bonchev–Trinajstić information content (AvgIpc) is 3.96. The van der Waals surface area contributed by atoms with Gasteiger partial charge in [-0.25, -0.2) is 4.39 Å². The van der Waals surface area contributed by atoms with Crippen LogP contribution in [0.15, 0.2) is 59.8 Å². The summed E-state index contributed by atoms with van der Waals surface area (Å²) in [7, 11) is 0. The Labute approximate surface area is 257 Å². The Kier molecular flexibility index (Phi) is 8.08. The SMILES string of the molecule is Cc1cc(CN(Cc2cn(C3CC3)c3cc(OCCO)c(F)cc3c2=O)[C@H]2CCCN(c3ccc(C4CC4)nc3)C2)ccn1. The van der Waals surface area contributed by atoms with Gasteiger partial charge < -0.3 is 19.3 Å². The molecule has 44 heavy (non-hydrogen) atoms. The number of hydrogen-bond acceptors (Lipinski definition) is 7. The molecule has 1 aromatic carbocycles. The van der Waals surface area contributed by atoms with Gasteiger partial charge in [-0.15, -0.1) is 0 Å². The van der Waals surface area contributed by atoms with Crippen molar-refractivity contribution in [3.05, 3.63) is 93.5 Å². The van der Waals surface area contributed by atoms with E-state index in [4.69, 9.17) is 9.72 Å². The molecule has 0 radical (unpaired) electrons. The minimum absolute atomic E-state index is 0.00323. The fourth-order valence-electron chi connectivity index (χ4n) is 6.60. The van der Waals surface area contributed by atoms with Crippen molar-refractivity contribution in [2.45, 2.75) is 76.5 Å². The Balaban J connectivity index is 1.22. The monoisotopic (exact) mass is 597 g/mol. The summed E-state index contributed by atoms with van der Waals surface area (Å²) in [6.45, 7) is 4.76. The Bertz CT molecular complexity index is 1700. The summed E-state index contributed by atoms with van der Waals surface area (Å²) in [5.74, 6) is 0.105. The zero-order valence-corrected chi connectivity index (χ0v) is 25.3. The molecule has 0 amide bonds. The quantitative estimate of drug-likeness (QED) is 0.245. The molecule has 4 aromatic rings. The first-order chi connectivity index (χ1) is 21.5. The molecule has 230 valence electrons. The van der Waals surface area contributed by atoms with Crippen LogP contribution in [0, 0.1) is 12.7 Å². The van der Waals surface area contributed by atoms with E-state index in [-0.39, 0.29) is 36.5 Å². The van der Waals surface area contributed by atoms with Gasteiger partial charge in [-0.1, -0.05) is 0 Å². The zero-order valence-electron chi connectivity index (χ0n) is 25.3. The second-order valence-corrected chi connectivity index (χ2v) is 12.7. The minimum atomic E-state index is -0.587. The highest BCUT2D eigenvalue weighted by Crippen LogP contribution is 2.40. The highest BCUT2D eigenvalue weighted by atomic mass is 19.1. The molecular weight excluding hydrogens is 557 g/mol. The van der Waals surface area contributed by atoms with Crippen LogP contribution in [0.4, 0.5) is 10.1 Å². The van der Waals surface area contributed by atoms with Gasteiger partial charge in [0.25, 0.3) is 0 Å². The maximum absolute atomic E-state index is 15.1. The van der Waals surface area contributed by atoms with Gasteiger partial charge in [0.1, 0.15) is 6.61 Å². The molecule has 2 aliphatic carbocycles. The summed E-state index contributed by atoms with van der Waals surface area (Å²) in [4.78, 5) is 28.0. The highest BCUT2D eigenvalue weighted by molar-refractivity contribution is 5.81. The van der Waals surface area contributed by atoms with Crippen LogP contribution in [-0.4, -0.2) is 56.9 Å². The van der Waals surface area contributed by atoms with Gasteiger partial charge in [-0.3, -0.25) is 19.7 Å². The number of benzene rings is 1. The van der Waals surface area contributed by atoms with Crippen LogP contribution in [0.25, 0.3) is 10.9 Å². The Hall–Kier alpha value is -3.82. The Morgan fingerprint density at radius 1 is 1.07 bits per heavy atom. The topological polar surface area (TPSA) is 83.7 Å². The van der Waals surface area contributed by atoms with E-state index in [1.807, 2.05) is 31.6 Å². The summed E-state index contributed by atoms with van der Waals surface area (Å²) in [6.07, 6.45) is 12.5. The third kappa shape index (κ3) is 6.21. The van der Waals surface area contributed by atoms with E-state index < -0.39 is 5.82 Å². The molecule has 3 fully saturated rings. The van der Waals surface area contributed by atoms with Crippen LogP contribution in [0.3, 0.4) is 0 Å². The van der Waals surface area contributed by atoms with E-state index in [0.29, 0.717) is 35.5 Å². The van der Waals surface area contributed by atoms with Gasteiger partial charge in [0.2, 0.25) is 0 Å². The van der Waals surface area contributed by atoms with Crippen LogP contribution in [-0.2, 0) is 13.1 Å². The number of fused-ring (bicyclic) bond motifs is 1. The molecule has 0 spiro atoms. The summed E-state index contributed by atoms with van der Waals surface area (Å²) in [5.41, 5.74) is 5.67. The second-order valence-electron chi connectivity index (χ2n) is 12.7. The van der Waals surface area contributed by atoms with E-state index in [2.05, 4.69) is 37.5 Å². The first kappa shape index (κ1) is 28.9. The maximum atomic E-state index is 15.1. The third-order valence-corrected chi connectivity index (χ3v) is 9.21. The van der Waals surface area contributed by atoms with E-state index in [1.165, 1.54) is 24.6 Å². The number of pyridine rings is 3. The fraction of sp³-hybridized carbons (Fsp3) is 0.457. The first-order valence-electron chi connectivity index (χ1n) is 15.9. The molecule has 1 atom stereocenters. The van der Waals surface area contributed by atoms with E-state index in [0.717, 1.165) is 55.7 Å².